The molecule has 0 amide bonds. The fraction of sp³-hybridized carbons (Fsp3) is 0.250. The van der Waals surface area contributed by atoms with Gasteiger partial charge in [-0.25, -0.2) is 9.78 Å². The molecule has 1 atom stereocenters. The van der Waals surface area contributed by atoms with Crippen molar-refractivity contribution in [2.75, 3.05) is 18.5 Å². The van der Waals surface area contributed by atoms with E-state index in [0.717, 1.165) is 24.4 Å². The number of nitrogens with zero attached hydrogens (tertiary/aromatic N) is 1. The number of ether oxygens (including phenoxy) is 1. The molecule has 4 rings (SSSR count). The van der Waals surface area contributed by atoms with Crippen LogP contribution in [0.3, 0.4) is 0 Å². The molecule has 230 valence electrons. The van der Waals surface area contributed by atoms with Crippen LogP contribution in [0.2, 0.25) is 5.02 Å². The fourth-order valence-corrected chi connectivity index (χ4v) is 4.24. The molecule has 15 heteroatoms. The first kappa shape index (κ1) is 33.0. The average molecular weight is 632 g/mol. The van der Waals surface area contributed by atoms with Crippen LogP contribution in [-0.2, 0) is 15.8 Å². The molecule has 0 radical (unpaired) electrons. The van der Waals surface area contributed by atoms with Gasteiger partial charge in [-0.3, -0.25) is 4.79 Å². The summed E-state index contributed by atoms with van der Waals surface area (Å²) < 4.78 is 77.8. The molecule has 8 nitrogen and oxygen atoms in total. The molecule has 0 aliphatic rings. The van der Waals surface area contributed by atoms with Gasteiger partial charge in [0.25, 0.3) is 0 Å². The Morgan fingerprint density at radius 3 is 2.35 bits per heavy atom. The predicted octanol–water partition coefficient (Wildman–Crippen LogP) is 7.36. The molecular formula is C28H24ClF6N3O5. The second kappa shape index (κ2) is 14.1. The molecule has 2 aromatic heterocycles. The zero-order valence-corrected chi connectivity index (χ0v) is 22.7. The van der Waals surface area contributed by atoms with Crippen molar-refractivity contribution in [2.45, 2.75) is 31.1 Å². The number of pyridine rings is 1. The highest BCUT2D eigenvalue weighted by Crippen LogP contribution is 2.40. The van der Waals surface area contributed by atoms with Gasteiger partial charge in [-0.05, 0) is 53.9 Å². The van der Waals surface area contributed by atoms with Crippen molar-refractivity contribution < 1.29 is 50.9 Å². The quantitative estimate of drug-likeness (QED) is 0.106. The lowest BCUT2D eigenvalue weighted by Crippen LogP contribution is -2.21. The van der Waals surface area contributed by atoms with E-state index in [1.807, 2.05) is 18.2 Å². The Morgan fingerprint density at radius 1 is 1.02 bits per heavy atom. The Morgan fingerprint density at radius 2 is 1.74 bits per heavy atom. The number of benzene rings is 2. The Kier molecular flexibility index (Phi) is 10.9. The van der Waals surface area contributed by atoms with Crippen LogP contribution >= 0.6 is 11.6 Å². The molecule has 0 aliphatic heterocycles. The van der Waals surface area contributed by atoms with E-state index in [0.29, 0.717) is 35.4 Å². The summed E-state index contributed by atoms with van der Waals surface area (Å²) in [6.07, 6.45) is -6.04. The van der Waals surface area contributed by atoms with Gasteiger partial charge in [-0.1, -0.05) is 23.7 Å². The highest BCUT2D eigenvalue weighted by molar-refractivity contribution is 6.31. The van der Waals surface area contributed by atoms with Crippen LogP contribution in [-0.4, -0.2) is 51.4 Å². The molecule has 4 aromatic rings. The number of alkyl halides is 6. The monoisotopic (exact) mass is 631 g/mol. The predicted molar refractivity (Wildman–Crippen MR) is 145 cm³/mol. The number of hydrogen-bond acceptors (Lipinski definition) is 5. The van der Waals surface area contributed by atoms with Crippen molar-refractivity contribution in [3.05, 3.63) is 88.7 Å². The van der Waals surface area contributed by atoms with Crippen LogP contribution in [0.1, 0.15) is 35.4 Å². The van der Waals surface area contributed by atoms with Crippen LogP contribution in [0.25, 0.3) is 10.9 Å². The van der Waals surface area contributed by atoms with Crippen molar-refractivity contribution >= 4 is 40.3 Å². The zero-order valence-electron chi connectivity index (χ0n) is 22.0. The number of aromatic amines is 1. The first-order chi connectivity index (χ1) is 20.2. The van der Waals surface area contributed by atoms with Crippen molar-refractivity contribution in [1.82, 2.24) is 9.97 Å². The summed E-state index contributed by atoms with van der Waals surface area (Å²) in [4.78, 5) is 27.8. The van der Waals surface area contributed by atoms with E-state index in [1.165, 1.54) is 6.07 Å². The Balaban J connectivity index is 0.000000646. The molecular weight excluding hydrogens is 608 g/mol. The second-order valence-corrected chi connectivity index (χ2v) is 9.39. The number of carbonyl (C=O) groups is 2. The first-order valence-corrected chi connectivity index (χ1v) is 12.8. The number of aromatic nitrogens is 2. The summed E-state index contributed by atoms with van der Waals surface area (Å²) in [7, 11) is 0. The zero-order chi connectivity index (χ0) is 31.8. The molecule has 2 aromatic carbocycles. The van der Waals surface area contributed by atoms with Crippen LogP contribution in [0, 0.1) is 0 Å². The summed E-state index contributed by atoms with van der Waals surface area (Å²) in [5, 5.41) is 20.1. The smallest absolute Gasteiger partial charge is 0.490 e. The summed E-state index contributed by atoms with van der Waals surface area (Å²) in [5.74, 6) is -3.28. The lowest BCUT2D eigenvalue weighted by molar-refractivity contribution is -0.192. The molecule has 0 saturated carbocycles. The largest absolute Gasteiger partial charge is 0.493 e. The minimum atomic E-state index is -5.08. The van der Waals surface area contributed by atoms with Gasteiger partial charge in [0.1, 0.15) is 11.6 Å². The van der Waals surface area contributed by atoms with Crippen LogP contribution in [0.4, 0.5) is 32.2 Å². The SMILES string of the molecule is O=C(O)C(F)(F)F.O=C(O)CC(c1ccc(Cl)c(C(F)(F)F)c1)c1c[nH]c2cc(OCCCNc3ccccn3)ccc12. The number of H-pyrrole nitrogens is 1. The average Bonchev–Trinajstić information content (AvgIpc) is 3.34. The van der Waals surface area contributed by atoms with E-state index in [1.54, 1.807) is 30.6 Å². The highest BCUT2D eigenvalue weighted by Gasteiger charge is 2.38. The van der Waals surface area contributed by atoms with Crippen LogP contribution in [0.15, 0.2) is 67.0 Å². The summed E-state index contributed by atoms with van der Waals surface area (Å²) in [6.45, 7) is 1.15. The third-order valence-corrected chi connectivity index (χ3v) is 6.27. The summed E-state index contributed by atoms with van der Waals surface area (Å²) in [5.41, 5.74) is 0.490. The normalized spacial score (nSPS) is 12.3. The Bertz CT molecular complexity index is 1540. The van der Waals surface area contributed by atoms with Gasteiger partial charge < -0.3 is 25.3 Å². The second-order valence-electron chi connectivity index (χ2n) is 8.99. The third-order valence-electron chi connectivity index (χ3n) is 5.94. The molecule has 1 unspecified atom stereocenters. The summed E-state index contributed by atoms with van der Waals surface area (Å²) in [6, 6.07) is 14.4. The maximum Gasteiger partial charge on any atom is 0.490 e. The topological polar surface area (TPSA) is 125 Å². The number of halogens is 7. The van der Waals surface area contributed by atoms with E-state index < -0.39 is 40.8 Å². The molecule has 0 bridgehead atoms. The molecule has 4 N–H and O–H groups in total. The van der Waals surface area contributed by atoms with Crippen LogP contribution < -0.4 is 10.1 Å². The number of nitrogens with one attached hydrogen (secondary N) is 2. The standard InChI is InChI=1S/C26H23ClF3N3O3.C2HF3O2/c27-22-8-5-16(12-21(22)26(28,29)30)19(14-25(34)35)20-15-33-23-13-17(6-7-18(20)23)36-11-3-10-32-24-4-1-2-9-31-24;3-2(4,5)1(6)7/h1-2,4-9,12-13,15,19,33H,3,10-11,14H2,(H,31,32)(H,34,35);(H,6,7). The fourth-order valence-electron chi connectivity index (χ4n) is 4.01. The van der Waals surface area contributed by atoms with Gasteiger partial charge in [-0.15, -0.1) is 0 Å². The Hall–Kier alpha value is -4.46. The Labute approximate surface area is 245 Å². The summed E-state index contributed by atoms with van der Waals surface area (Å²) >= 11 is 5.76. The van der Waals surface area contributed by atoms with E-state index >= 15 is 0 Å². The number of rotatable bonds is 10. The molecule has 43 heavy (non-hydrogen) atoms. The lowest BCUT2D eigenvalue weighted by atomic mass is 9.87. The van der Waals surface area contributed by atoms with Crippen molar-refractivity contribution in [1.29, 1.82) is 0 Å². The third kappa shape index (κ3) is 9.53. The van der Waals surface area contributed by atoms with Gasteiger partial charge in [0.2, 0.25) is 0 Å². The number of anilines is 1. The van der Waals surface area contributed by atoms with E-state index in [9.17, 15) is 36.2 Å². The molecule has 2 heterocycles. The molecule has 0 fully saturated rings. The molecule has 0 saturated heterocycles. The van der Waals surface area contributed by atoms with Crippen LogP contribution in [0.5, 0.6) is 5.75 Å². The number of aliphatic carboxylic acids is 2. The van der Waals surface area contributed by atoms with E-state index in [-0.39, 0.29) is 12.0 Å². The van der Waals surface area contributed by atoms with Gasteiger partial charge in [-0.2, -0.15) is 26.3 Å². The van der Waals surface area contributed by atoms with Gasteiger partial charge >= 0.3 is 24.3 Å². The minimum Gasteiger partial charge on any atom is -0.493 e. The van der Waals surface area contributed by atoms with Gasteiger partial charge in [0.15, 0.2) is 0 Å². The molecule has 0 aliphatic carbocycles. The molecule has 0 spiro atoms. The number of hydrogen-bond donors (Lipinski definition) is 4. The van der Waals surface area contributed by atoms with Gasteiger partial charge in [0.05, 0.1) is 23.6 Å². The van der Waals surface area contributed by atoms with Crippen molar-refractivity contribution in [3.63, 3.8) is 0 Å². The maximum atomic E-state index is 13.4. The van der Waals surface area contributed by atoms with E-state index in [2.05, 4.69) is 15.3 Å². The van der Waals surface area contributed by atoms with Crippen molar-refractivity contribution in [3.8, 4) is 5.75 Å². The maximum absolute atomic E-state index is 13.4. The van der Waals surface area contributed by atoms with Crippen molar-refractivity contribution in [2.24, 2.45) is 0 Å². The lowest BCUT2D eigenvalue weighted by Gasteiger charge is -2.18. The first-order valence-electron chi connectivity index (χ1n) is 12.4. The number of carboxylic acid groups (broad SMARTS) is 2. The highest BCUT2D eigenvalue weighted by atomic mass is 35.5. The number of fused-ring (bicyclic) bond motifs is 1. The van der Waals surface area contributed by atoms with Gasteiger partial charge in [0, 0.05) is 41.8 Å². The number of carboxylic acids is 2. The minimum absolute atomic E-state index is 0.218. The van der Waals surface area contributed by atoms with E-state index in [4.69, 9.17) is 26.2 Å².